The Morgan fingerprint density at radius 2 is 1.84 bits per heavy atom. The van der Waals surface area contributed by atoms with Crippen molar-refractivity contribution in [1.82, 2.24) is 10.6 Å². The Morgan fingerprint density at radius 1 is 1.16 bits per heavy atom. The highest BCUT2D eigenvalue weighted by Gasteiger charge is 2.35. The molecular formula is C14H26N2O3. The molecule has 2 atom stereocenters. The van der Waals surface area contributed by atoms with Crippen LogP contribution in [-0.2, 0) is 9.47 Å². The van der Waals surface area contributed by atoms with E-state index in [1.54, 1.807) is 0 Å². The first kappa shape index (κ1) is 14.6. The number of ether oxygens (including phenoxy) is 2. The Bertz CT molecular complexity index is 299. The van der Waals surface area contributed by atoms with Gasteiger partial charge >= 0.3 is 6.03 Å². The van der Waals surface area contributed by atoms with E-state index in [0.29, 0.717) is 6.61 Å². The van der Waals surface area contributed by atoms with Crippen LogP contribution in [0.15, 0.2) is 0 Å². The molecule has 2 fully saturated rings. The highest BCUT2D eigenvalue weighted by atomic mass is 16.5. The van der Waals surface area contributed by atoms with Crippen LogP contribution in [0.5, 0.6) is 0 Å². The molecular weight excluding hydrogens is 244 g/mol. The molecule has 2 amide bonds. The molecule has 2 rings (SSSR count). The van der Waals surface area contributed by atoms with Crippen LogP contribution in [0.1, 0.15) is 46.0 Å². The highest BCUT2D eigenvalue weighted by Crippen LogP contribution is 2.31. The molecule has 0 spiro atoms. The molecule has 2 saturated heterocycles. The minimum atomic E-state index is -0.0662. The Hall–Kier alpha value is -0.810. The number of hydrogen-bond donors (Lipinski definition) is 2. The van der Waals surface area contributed by atoms with Gasteiger partial charge in [0.2, 0.25) is 0 Å². The summed E-state index contributed by atoms with van der Waals surface area (Å²) in [6.45, 7) is 6.43. The molecule has 110 valence electrons. The molecule has 19 heavy (non-hydrogen) atoms. The molecule has 0 bridgehead atoms. The van der Waals surface area contributed by atoms with E-state index in [1.807, 2.05) is 0 Å². The van der Waals surface area contributed by atoms with Crippen molar-refractivity contribution in [3.8, 4) is 0 Å². The van der Waals surface area contributed by atoms with E-state index in [2.05, 4.69) is 24.5 Å². The number of carbonyl (C=O) groups is 1. The number of rotatable bonds is 4. The molecule has 2 unspecified atom stereocenters. The fourth-order valence-electron chi connectivity index (χ4n) is 2.95. The summed E-state index contributed by atoms with van der Waals surface area (Å²) in [5.74, 6) is 0. The van der Waals surface area contributed by atoms with E-state index >= 15 is 0 Å². The van der Waals surface area contributed by atoms with Gasteiger partial charge in [-0.15, -0.1) is 0 Å². The Kier molecular flexibility index (Phi) is 5.05. The summed E-state index contributed by atoms with van der Waals surface area (Å²) in [7, 11) is 0. The predicted molar refractivity (Wildman–Crippen MR) is 73.2 cm³/mol. The lowest BCUT2D eigenvalue weighted by Gasteiger charge is -2.40. The van der Waals surface area contributed by atoms with Crippen LogP contribution >= 0.6 is 0 Å². The van der Waals surface area contributed by atoms with E-state index in [1.165, 1.54) is 0 Å². The van der Waals surface area contributed by atoms with E-state index in [4.69, 9.17) is 9.47 Å². The molecule has 0 aromatic carbocycles. The normalized spacial score (nSPS) is 30.0. The van der Waals surface area contributed by atoms with Gasteiger partial charge in [-0.25, -0.2) is 4.79 Å². The Balaban J connectivity index is 1.79. The molecule has 2 N–H and O–H groups in total. The molecule has 2 aliphatic heterocycles. The second-order valence-corrected chi connectivity index (χ2v) is 5.61. The van der Waals surface area contributed by atoms with Gasteiger partial charge in [-0.1, -0.05) is 13.8 Å². The molecule has 5 heteroatoms. The second kappa shape index (κ2) is 6.57. The molecule has 0 radical (unpaired) electrons. The van der Waals surface area contributed by atoms with Gasteiger partial charge in [0.15, 0.2) is 0 Å². The zero-order chi connectivity index (χ0) is 13.7. The van der Waals surface area contributed by atoms with Gasteiger partial charge in [-0.2, -0.15) is 0 Å². The quantitative estimate of drug-likeness (QED) is 0.819. The standard InChI is InChI=1S/C14H26N2O3/c1-3-14(4-2)9-11(6-8-19-14)15-13(17)16-12-5-7-18-10-12/h11-12H,3-10H2,1-2H3,(H2,15,16,17). The lowest BCUT2D eigenvalue weighted by atomic mass is 9.86. The average Bonchev–Trinajstić information content (AvgIpc) is 2.91. The third kappa shape index (κ3) is 3.83. The topological polar surface area (TPSA) is 59.6 Å². The monoisotopic (exact) mass is 270 g/mol. The third-order valence-electron chi connectivity index (χ3n) is 4.38. The number of nitrogens with one attached hydrogen (secondary N) is 2. The minimum absolute atomic E-state index is 0.0489. The van der Waals surface area contributed by atoms with E-state index in [-0.39, 0.29) is 23.7 Å². The second-order valence-electron chi connectivity index (χ2n) is 5.61. The van der Waals surface area contributed by atoms with Crippen molar-refractivity contribution in [2.24, 2.45) is 0 Å². The lowest BCUT2D eigenvalue weighted by Crippen LogP contribution is -2.52. The lowest BCUT2D eigenvalue weighted by molar-refractivity contribution is -0.0915. The van der Waals surface area contributed by atoms with E-state index in [0.717, 1.165) is 45.3 Å². The molecule has 0 aromatic heterocycles. The number of urea groups is 1. The SMILES string of the molecule is CCC1(CC)CC(NC(=O)NC2CCOC2)CCO1. The van der Waals surface area contributed by atoms with Gasteiger partial charge in [0.25, 0.3) is 0 Å². The summed E-state index contributed by atoms with van der Waals surface area (Å²) in [5, 5.41) is 6.06. The van der Waals surface area contributed by atoms with Crippen LogP contribution in [0, 0.1) is 0 Å². The maximum absolute atomic E-state index is 11.9. The van der Waals surface area contributed by atoms with Crippen molar-refractivity contribution in [3.63, 3.8) is 0 Å². The van der Waals surface area contributed by atoms with Crippen LogP contribution in [-0.4, -0.2) is 43.5 Å². The molecule has 0 saturated carbocycles. The zero-order valence-corrected chi connectivity index (χ0v) is 12.0. The summed E-state index contributed by atoms with van der Waals surface area (Å²) in [6, 6.07) is 0.321. The summed E-state index contributed by atoms with van der Waals surface area (Å²) < 4.78 is 11.2. The highest BCUT2D eigenvalue weighted by molar-refractivity contribution is 5.74. The maximum atomic E-state index is 11.9. The zero-order valence-electron chi connectivity index (χ0n) is 12.0. The predicted octanol–water partition coefficient (Wildman–Crippen LogP) is 1.81. The van der Waals surface area contributed by atoms with Gasteiger partial charge in [-0.05, 0) is 32.1 Å². The minimum Gasteiger partial charge on any atom is -0.379 e. The van der Waals surface area contributed by atoms with Crippen molar-refractivity contribution in [1.29, 1.82) is 0 Å². The summed E-state index contributed by atoms with van der Waals surface area (Å²) in [6.07, 6.45) is 4.72. The van der Waals surface area contributed by atoms with Crippen molar-refractivity contribution in [2.75, 3.05) is 19.8 Å². The van der Waals surface area contributed by atoms with E-state index < -0.39 is 0 Å². The fraction of sp³-hybridized carbons (Fsp3) is 0.929. The van der Waals surface area contributed by atoms with E-state index in [9.17, 15) is 4.79 Å². The average molecular weight is 270 g/mol. The van der Waals surface area contributed by atoms with Crippen molar-refractivity contribution in [2.45, 2.75) is 63.6 Å². The number of amides is 2. The van der Waals surface area contributed by atoms with Gasteiger partial charge in [0, 0.05) is 19.3 Å². The van der Waals surface area contributed by atoms with Crippen LogP contribution in [0.3, 0.4) is 0 Å². The first-order valence-corrected chi connectivity index (χ1v) is 7.46. The first-order chi connectivity index (χ1) is 9.17. The Labute approximate surface area is 115 Å². The maximum Gasteiger partial charge on any atom is 0.315 e. The van der Waals surface area contributed by atoms with Crippen molar-refractivity contribution < 1.29 is 14.3 Å². The van der Waals surface area contributed by atoms with Crippen LogP contribution in [0.2, 0.25) is 0 Å². The molecule has 0 aliphatic carbocycles. The summed E-state index contributed by atoms with van der Waals surface area (Å²) in [5.41, 5.74) is -0.0489. The van der Waals surface area contributed by atoms with Gasteiger partial charge < -0.3 is 20.1 Å². The van der Waals surface area contributed by atoms with Crippen LogP contribution < -0.4 is 10.6 Å². The van der Waals surface area contributed by atoms with Crippen molar-refractivity contribution in [3.05, 3.63) is 0 Å². The smallest absolute Gasteiger partial charge is 0.315 e. The van der Waals surface area contributed by atoms with Gasteiger partial charge in [0.1, 0.15) is 0 Å². The summed E-state index contributed by atoms with van der Waals surface area (Å²) >= 11 is 0. The largest absolute Gasteiger partial charge is 0.379 e. The van der Waals surface area contributed by atoms with Gasteiger partial charge in [-0.3, -0.25) is 0 Å². The van der Waals surface area contributed by atoms with Crippen LogP contribution in [0.4, 0.5) is 4.79 Å². The van der Waals surface area contributed by atoms with Crippen LogP contribution in [0.25, 0.3) is 0 Å². The molecule has 2 aliphatic rings. The first-order valence-electron chi connectivity index (χ1n) is 7.46. The third-order valence-corrected chi connectivity index (χ3v) is 4.38. The molecule has 2 heterocycles. The summed E-state index contributed by atoms with van der Waals surface area (Å²) in [4.78, 5) is 11.9. The fourth-order valence-corrected chi connectivity index (χ4v) is 2.95. The number of carbonyl (C=O) groups excluding carboxylic acids is 1. The molecule has 0 aromatic rings. The number of hydrogen-bond acceptors (Lipinski definition) is 3. The van der Waals surface area contributed by atoms with Gasteiger partial charge in [0.05, 0.1) is 18.2 Å². The van der Waals surface area contributed by atoms with Crippen molar-refractivity contribution >= 4 is 6.03 Å². The molecule has 5 nitrogen and oxygen atoms in total. The Morgan fingerprint density at radius 3 is 2.47 bits per heavy atom.